The molecule has 1 spiro atoms. The van der Waals surface area contributed by atoms with Gasteiger partial charge in [-0.05, 0) is 19.9 Å². The van der Waals surface area contributed by atoms with Crippen LogP contribution in [-0.2, 0) is 9.47 Å². The summed E-state index contributed by atoms with van der Waals surface area (Å²) in [4.78, 5) is 15.3. The molecule has 3 N–H and O–H groups in total. The number of halogens is 2. The van der Waals surface area contributed by atoms with E-state index in [-0.39, 0.29) is 22.7 Å². The zero-order chi connectivity index (χ0) is 15.0. The third-order valence-electron chi connectivity index (χ3n) is 3.87. The fourth-order valence-electron chi connectivity index (χ4n) is 2.77. The van der Waals surface area contributed by atoms with Crippen LogP contribution in [0.3, 0.4) is 0 Å². The Labute approximate surface area is 132 Å². The van der Waals surface area contributed by atoms with Gasteiger partial charge in [0.2, 0.25) is 5.79 Å². The van der Waals surface area contributed by atoms with Crippen LogP contribution in [0.4, 0.5) is 0 Å². The molecule has 3 heterocycles. The van der Waals surface area contributed by atoms with Gasteiger partial charge in [-0.1, -0.05) is 23.2 Å². The minimum absolute atomic E-state index is 0.229. The second-order valence-corrected chi connectivity index (χ2v) is 6.01. The van der Waals surface area contributed by atoms with Crippen molar-refractivity contribution in [3.05, 3.63) is 21.4 Å². The molecule has 3 rings (SSSR count). The van der Waals surface area contributed by atoms with E-state index < -0.39 is 5.79 Å². The molecule has 1 amide bonds. The molecule has 0 saturated carbocycles. The standard InChI is InChI=1S/C13H17Cl2N3O3/c1-7-9(14)10(15)11(17-7)12(19)18-8-2-3-16-6-13(8)20-4-5-21-13/h8,16-17H,2-6H2,1H3,(H,18,19). The van der Waals surface area contributed by atoms with Crippen LogP contribution < -0.4 is 10.6 Å². The van der Waals surface area contributed by atoms with Gasteiger partial charge in [0.05, 0.1) is 35.8 Å². The predicted octanol–water partition coefficient (Wildman–Crippen LogP) is 1.46. The molecule has 2 aliphatic rings. The van der Waals surface area contributed by atoms with Gasteiger partial charge in [0.25, 0.3) is 5.91 Å². The van der Waals surface area contributed by atoms with Crippen LogP contribution in [0.25, 0.3) is 0 Å². The van der Waals surface area contributed by atoms with Crippen LogP contribution in [0.15, 0.2) is 0 Å². The first-order valence-electron chi connectivity index (χ1n) is 6.86. The van der Waals surface area contributed by atoms with Crippen molar-refractivity contribution in [2.75, 3.05) is 26.3 Å². The molecule has 2 aliphatic heterocycles. The van der Waals surface area contributed by atoms with Gasteiger partial charge < -0.3 is 25.1 Å². The fourth-order valence-corrected chi connectivity index (χ4v) is 3.18. The van der Waals surface area contributed by atoms with Crippen molar-refractivity contribution >= 4 is 29.1 Å². The lowest BCUT2D eigenvalue weighted by molar-refractivity contribution is -0.183. The predicted molar refractivity (Wildman–Crippen MR) is 78.9 cm³/mol. The van der Waals surface area contributed by atoms with Crippen LogP contribution in [-0.4, -0.2) is 49.0 Å². The number of ether oxygens (including phenoxy) is 2. The smallest absolute Gasteiger partial charge is 0.269 e. The second-order valence-electron chi connectivity index (χ2n) is 5.25. The van der Waals surface area contributed by atoms with E-state index >= 15 is 0 Å². The number of carbonyl (C=O) groups is 1. The lowest BCUT2D eigenvalue weighted by atomic mass is 9.99. The molecule has 0 aromatic carbocycles. The quantitative estimate of drug-likeness (QED) is 0.766. The number of aromatic nitrogens is 1. The highest BCUT2D eigenvalue weighted by Crippen LogP contribution is 2.31. The Morgan fingerprint density at radius 2 is 2.05 bits per heavy atom. The van der Waals surface area contributed by atoms with Gasteiger partial charge in [0, 0.05) is 5.69 Å². The molecular weight excluding hydrogens is 317 g/mol. The SMILES string of the molecule is Cc1[nH]c(C(=O)NC2CCNCC23OCCO3)c(Cl)c1Cl. The maximum Gasteiger partial charge on any atom is 0.269 e. The maximum absolute atomic E-state index is 12.4. The van der Waals surface area contributed by atoms with E-state index in [1.807, 2.05) is 0 Å². The van der Waals surface area contributed by atoms with Crippen molar-refractivity contribution in [1.29, 1.82) is 0 Å². The maximum atomic E-state index is 12.4. The van der Waals surface area contributed by atoms with Crippen molar-refractivity contribution in [3.8, 4) is 0 Å². The number of rotatable bonds is 2. The number of hydrogen-bond donors (Lipinski definition) is 3. The van der Waals surface area contributed by atoms with E-state index in [0.717, 1.165) is 13.0 Å². The highest BCUT2D eigenvalue weighted by Gasteiger charge is 2.47. The Hall–Kier alpha value is -0.790. The van der Waals surface area contributed by atoms with Crippen LogP contribution in [0.2, 0.25) is 10.0 Å². The summed E-state index contributed by atoms with van der Waals surface area (Å²) in [5.74, 6) is -1.09. The number of aryl methyl sites for hydroxylation is 1. The Bertz CT molecular complexity index is 555. The monoisotopic (exact) mass is 333 g/mol. The zero-order valence-electron chi connectivity index (χ0n) is 11.6. The summed E-state index contributed by atoms with van der Waals surface area (Å²) in [6.45, 7) is 4.17. The van der Waals surface area contributed by atoms with Crippen molar-refractivity contribution in [3.63, 3.8) is 0 Å². The molecule has 6 nitrogen and oxygen atoms in total. The van der Waals surface area contributed by atoms with Gasteiger partial charge in [-0.3, -0.25) is 4.79 Å². The largest absolute Gasteiger partial charge is 0.352 e. The van der Waals surface area contributed by atoms with Gasteiger partial charge in [-0.15, -0.1) is 0 Å². The van der Waals surface area contributed by atoms with E-state index in [9.17, 15) is 4.79 Å². The molecule has 2 saturated heterocycles. The molecule has 1 atom stereocenters. The van der Waals surface area contributed by atoms with Crippen LogP contribution in [0, 0.1) is 6.92 Å². The molecule has 116 valence electrons. The molecule has 1 unspecified atom stereocenters. The molecule has 21 heavy (non-hydrogen) atoms. The Kier molecular flexibility index (Phi) is 4.16. The Morgan fingerprint density at radius 3 is 2.67 bits per heavy atom. The van der Waals surface area contributed by atoms with Crippen molar-refractivity contribution in [2.24, 2.45) is 0 Å². The number of nitrogens with one attached hydrogen (secondary N) is 3. The number of aromatic amines is 1. The highest BCUT2D eigenvalue weighted by atomic mass is 35.5. The summed E-state index contributed by atoms with van der Waals surface area (Å²) in [6.07, 6.45) is 0.719. The lowest BCUT2D eigenvalue weighted by Gasteiger charge is -2.39. The molecule has 1 aromatic heterocycles. The minimum atomic E-state index is -0.786. The van der Waals surface area contributed by atoms with Crippen LogP contribution >= 0.6 is 23.2 Å². The zero-order valence-corrected chi connectivity index (χ0v) is 13.1. The third kappa shape index (κ3) is 2.66. The molecule has 8 heteroatoms. The summed E-state index contributed by atoms with van der Waals surface area (Å²) in [6, 6.07) is -0.229. The molecule has 2 fully saturated rings. The van der Waals surface area contributed by atoms with Crippen LogP contribution in [0.5, 0.6) is 0 Å². The molecule has 1 aromatic rings. The van der Waals surface area contributed by atoms with Gasteiger partial charge >= 0.3 is 0 Å². The number of H-pyrrole nitrogens is 1. The summed E-state index contributed by atoms with van der Waals surface area (Å²) < 4.78 is 11.4. The molecular formula is C13H17Cl2N3O3. The first-order valence-corrected chi connectivity index (χ1v) is 7.62. The second kappa shape index (κ2) is 5.78. The van der Waals surface area contributed by atoms with Gasteiger partial charge in [0.1, 0.15) is 5.69 Å². The average Bonchev–Trinajstić information content (AvgIpc) is 3.03. The van der Waals surface area contributed by atoms with Gasteiger partial charge in [0.15, 0.2) is 0 Å². The van der Waals surface area contributed by atoms with Gasteiger partial charge in [-0.2, -0.15) is 0 Å². The topological polar surface area (TPSA) is 75.4 Å². The first kappa shape index (κ1) is 15.1. The van der Waals surface area contributed by atoms with Gasteiger partial charge in [-0.25, -0.2) is 0 Å². The summed E-state index contributed by atoms with van der Waals surface area (Å²) in [5, 5.41) is 6.78. The van der Waals surface area contributed by atoms with E-state index in [1.54, 1.807) is 6.92 Å². The third-order valence-corrected chi connectivity index (χ3v) is 4.82. The first-order chi connectivity index (χ1) is 10.0. The minimum Gasteiger partial charge on any atom is -0.352 e. The normalized spacial score (nSPS) is 24.4. The molecule has 0 aliphatic carbocycles. The van der Waals surface area contributed by atoms with E-state index in [0.29, 0.717) is 30.5 Å². The Morgan fingerprint density at radius 1 is 1.33 bits per heavy atom. The highest BCUT2D eigenvalue weighted by molar-refractivity contribution is 6.44. The summed E-state index contributed by atoms with van der Waals surface area (Å²) in [5.41, 5.74) is 0.936. The molecule has 0 radical (unpaired) electrons. The number of amides is 1. The average molecular weight is 334 g/mol. The van der Waals surface area contributed by atoms with Crippen molar-refractivity contribution in [1.82, 2.24) is 15.6 Å². The number of hydrogen-bond acceptors (Lipinski definition) is 4. The van der Waals surface area contributed by atoms with Crippen molar-refractivity contribution < 1.29 is 14.3 Å². The summed E-state index contributed by atoms with van der Waals surface area (Å²) >= 11 is 12.1. The molecule has 0 bridgehead atoms. The van der Waals surface area contributed by atoms with Crippen molar-refractivity contribution in [2.45, 2.75) is 25.2 Å². The van der Waals surface area contributed by atoms with Crippen LogP contribution in [0.1, 0.15) is 22.6 Å². The van der Waals surface area contributed by atoms with E-state index in [1.165, 1.54) is 0 Å². The fraction of sp³-hybridized carbons (Fsp3) is 0.615. The summed E-state index contributed by atoms with van der Waals surface area (Å²) in [7, 11) is 0. The van der Waals surface area contributed by atoms with E-state index in [4.69, 9.17) is 32.7 Å². The number of carbonyl (C=O) groups excluding carboxylic acids is 1. The Balaban J connectivity index is 1.78. The number of piperidine rings is 1. The van der Waals surface area contributed by atoms with E-state index in [2.05, 4.69) is 15.6 Å². The lowest BCUT2D eigenvalue weighted by Crippen LogP contribution is -2.62.